The van der Waals surface area contributed by atoms with Crippen LogP contribution in [0, 0.1) is 0 Å². The van der Waals surface area contributed by atoms with Crippen LogP contribution in [0.4, 0.5) is 11.5 Å². The van der Waals surface area contributed by atoms with Crippen LogP contribution in [0.1, 0.15) is 16.1 Å². The predicted molar refractivity (Wildman–Crippen MR) is 113 cm³/mol. The minimum absolute atomic E-state index is 0.174. The number of hydrogen-bond donors (Lipinski definition) is 2. The van der Waals surface area contributed by atoms with Crippen LogP contribution in [0.15, 0.2) is 79.0 Å². The molecule has 0 aliphatic rings. The largest absolute Gasteiger partial charge is 0.497 e. The maximum Gasteiger partial charge on any atom is 0.252 e. The van der Waals surface area contributed by atoms with Crippen molar-refractivity contribution in [2.45, 2.75) is 6.54 Å². The normalized spacial score (nSPS) is 10.5. The number of para-hydroxylation sites is 1. The van der Waals surface area contributed by atoms with Crippen molar-refractivity contribution in [3.8, 4) is 5.75 Å². The van der Waals surface area contributed by atoms with Crippen LogP contribution in [0.5, 0.6) is 5.75 Å². The first-order valence-electron chi connectivity index (χ1n) is 9.22. The molecule has 2 heterocycles. The lowest BCUT2D eigenvalue weighted by Gasteiger charge is -2.12. The van der Waals surface area contributed by atoms with E-state index in [-0.39, 0.29) is 5.91 Å². The van der Waals surface area contributed by atoms with Gasteiger partial charge in [-0.3, -0.25) is 9.78 Å². The molecule has 0 spiro atoms. The lowest BCUT2D eigenvalue weighted by Crippen LogP contribution is -2.23. The van der Waals surface area contributed by atoms with E-state index in [1.807, 2.05) is 66.7 Å². The molecule has 0 fully saturated rings. The van der Waals surface area contributed by atoms with Crippen molar-refractivity contribution in [1.82, 2.24) is 15.3 Å². The van der Waals surface area contributed by atoms with Crippen LogP contribution in [-0.4, -0.2) is 23.0 Å². The van der Waals surface area contributed by atoms with E-state index in [0.29, 0.717) is 17.9 Å². The summed E-state index contributed by atoms with van der Waals surface area (Å²) in [6.07, 6.45) is 1.71. The first-order valence-corrected chi connectivity index (χ1v) is 9.22. The van der Waals surface area contributed by atoms with Crippen molar-refractivity contribution in [3.05, 3.63) is 90.3 Å². The first-order chi connectivity index (χ1) is 14.2. The lowest BCUT2D eigenvalue weighted by atomic mass is 10.1. The van der Waals surface area contributed by atoms with Crippen molar-refractivity contribution < 1.29 is 9.53 Å². The highest BCUT2D eigenvalue weighted by Crippen LogP contribution is 2.24. The molecule has 0 saturated heterocycles. The SMILES string of the molecule is COc1ccc(Nc2cc(C(=O)NCc3ccccn3)c3ccccc3n2)cc1. The zero-order valence-corrected chi connectivity index (χ0v) is 15.9. The summed E-state index contributed by atoms with van der Waals surface area (Å²) in [7, 11) is 1.63. The molecule has 2 aromatic heterocycles. The summed E-state index contributed by atoms with van der Waals surface area (Å²) in [5.74, 6) is 1.19. The Bertz CT molecular complexity index is 1130. The number of carbonyl (C=O) groups is 1. The van der Waals surface area contributed by atoms with Crippen LogP contribution in [0.3, 0.4) is 0 Å². The van der Waals surface area contributed by atoms with Gasteiger partial charge in [0, 0.05) is 17.3 Å². The van der Waals surface area contributed by atoms with Gasteiger partial charge in [0.05, 0.1) is 30.4 Å². The molecule has 2 aromatic carbocycles. The molecule has 0 atom stereocenters. The van der Waals surface area contributed by atoms with Crippen molar-refractivity contribution in [2.75, 3.05) is 12.4 Å². The van der Waals surface area contributed by atoms with E-state index in [0.717, 1.165) is 28.0 Å². The third-order valence-electron chi connectivity index (χ3n) is 4.48. The number of carbonyl (C=O) groups excluding carboxylic acids is 1. The van der Waals surface area contributed by atoms with Crippen LogP contribution in [0.2, 0.25) is 0 Å². The number of fused-ring (bicyclic) bond motifs is 1. The first kappa shape index (κ1) is 18.4. The molecule has 144 valence electrons. The minimum atomic E-state index is -0.174. The summed E-state index contributed by atoms with van der Waals surface area (Å²) < 4.78 is 5.19. The monoisotopic (exact) mass is 384 g/mol. The lowest BCUT2D eigenvalue weighted by molar-refractivity contribution is 0.0952. The standard InChI is InChI=1S/C23H20N4O2/c1-29-18-11-9-16(10-12-18)26-22-14-20(19-7-2-3-8-21(19)27-22)23(28)25-15-17-6-4-5-13-24-17/h2-14H,15H2,1H3,(H,25,28)(H,26,27). The van der Waals surface area contributed by atoms with Gasteiger partial charge in [-0.25, -0.2) is 4.98 Å². The van der Waals surface area contributed by atoms with Crippen molar-refractivity contribution in [1.29, 1.82) is 0 Å². The Balaban J connectivity index is 1.62. The van der Waals surface area contributed by atoms with Crippen LogP contribution < -0.4 is 15.4 Å². The Kier molecular flexibility index (Phi) is 5.33. The number of rotatable bonds is 6. The van der Waals surface area contributed by atoms with Gasteiger partial charge < -0.3 is 15.4 Å². The third kappa shape index (κ3) is 4.32. The van der Waals surface area contributed by atoms with Crippen LogP contribution in [-0.2, 0) is 6.54 Å². The average molecular weight is 384 g/mol. The van der Waals surface area contributed by atoms with E-state index < -0.39 is 0 Å². The number of methoxy groups -OCH3 is 1. The van der Waals surface area contributed by atoms with Crippen LogP contribution in [0.25, 0.3) is 10.9 Å². The molecule has 0 aliphatic carbocycles. The van der Waals surface area contributed by atoms with E-state index in [2.05, 4.69) is 20.6 Å². The minimum Gasteiger partial charge on any atom is -0.497 e. The summed E-state index contributed by atoms with van der Waals surface area (Å²) in [5, 5.41) is 6.99. The molecule has 0 unspecified atom stereocenters. The fraction of sp³-hybridized carbons (Fsp3) is 0.0870. The molecule has 4 rings (SSSR count). The summed E-state index contributed by atoms with van der Waals surface area (Å²) in [6.45, 7) is 0.359. The zero-order chi connectivity index (χ0) is 20.1. The average Bonchev–Trinajstić information content (AvgIpc) is 2.78. The highest BCUT2D eigenvalue weighted by atomic mass is 16.5. The number of nitrogens with one attached hydrogen (secondary N) is 2. The number of nitrogens with zero attached hydrogens (tertiary/aromatic N) is 2. The molecule has 0 bridgehead atoms. The number of anilines is 2. The van der Waals surface area contributed by atoms with Gasteiger partial charge in [-0.1, -0.05) is 24.3 Å². The Morgan fingerprint density at radius 3 is 2.55 bits per heavy atom. The molecule has 4 aromatic rings. The number of amides is 1. The van der Waals surface area contributed by atoms with E-state index in [9.17, 15) is 4.79 Å². The fourth-order valence-corrected chi connectivity index (χ4v) is 3.02. The van der Waals surface area contributed by atoms with Crippen molar-refractivity contribution in [3.63, 3.8) is 0 Å². The smallest absolute Gasteiger partial charge is 0.252 e. The Morgan fingerprint density at radius 1 is 1.00 bits per heavy atom. The molecule has 6 heteroatoms. The molecular formula is C23H20N4O2. The predicted octanol–water partition coefficient (Wildman–Crippen LogP) is 4.31. The van der Waals surface area contributed by atoms with Gasteiger partial charge in [0.2, 0.25) is 0 Å². The summed E-state index contributed by atoms with van der Waals surface area (Å²) in [5.41, 5.74) is 2.96. The highest BCUT2D eigenvalue weighted by Gasteiger charge is 2.13. The Morgan fingerprint density at radius 2 is 1.79 bits per heavy atom. The van der Waals surface area contributed by atoms with Crippen molar-refractivity contribution in [2.24, 2.45) is 0 Å². The number of hydrogen-bond acceptors (Lipinski definition) is 5. The third-order valence-corrected chi connectivity index (χ3v) is 4.48. The van der Waals surface area contributed by atoms with E-state index in [4.69, 9.17) is 4.74 Å². The van der Waals surface area contributed by atoms with Gasteiger partial charge in [-0.05, 0) is 48.5 Å². The number of benzene rings is 2. The van der Waals surface area contributed by atoms with E-state index >= 15 is 0 Å². The maximum atomic E-state index is 12.9. The summed E-state index contributed by atoms with van der Waals surface area (Å²) in [4.78, 5) is 21.8. The second-order valence-corrected chi connectivity index (χ2v) is 6.43. The van der Waals surface area contributed by atoms with Crippen LogP contribution >= 0.6 is 0 Å². The second-order valence-electron chi connectivity index (χ2n) is 6.43. The molecule has 0 saturated carbocycles. The van der Waals surface area contributed by atoms with E-state index in [1.165, 1.54) is 0 Å². The van der Waals surface area contributed by atoms with Crippen molar-refractivity contribution >= 4 is 28.3 Å². The Labute approximate surface area is 168 Å². The molecule has 29 heavy (non-hydrogen) atoms. The molecule has 2 N–H and O–H groups in total. The van der Waals surface area contributed by atoms with E-state index in [1.54, 1.807) is 19.4 Å². The zero-order valence-electron chi connectivity index (χ0n) is 15.9. The number of ether oxygens (including phenoxy) is 1. The maximum absolute atomic E-state index is 12.9. The number of aromatic nitrogens is 2. The summed E-state index contributed by atoms with van der Waals surface area (Å²) >= 11 is 0. The van der Waals surface area contributed by atoms with Gasteiger partial charge in [0.15, 0.2) is 0 Å². The highest BCUT2D eigenvalue weighted by molar-refractivity contribution is 6.07. The summed E-state index contributed by atoms with van der Waals surface area (Å²) in [6, 6.07) is 22.5. The molecule has 0 aliphatic heterocycles. The van der Waals surface area contributed by atoms with Gasteiger partial charge >= 0.3 is 0 Å². The molecule has 6 nitrogen and oxygen atoms in total. The molecule has 1 amide bonds. The number of pyridine rings is 2. The Hall–Kier alpha value is -3.93. The second kappa shape index (κ2) is 8.39. The van der Waals surface area contributed by atoms with Gasteiger partial charge in [0.1, 0.15) is 11.6 Å². The van der Waals surface area contributed by atoms with Gasteiger partial charge in [-0.2, -0.15) is 0 Å². The molecule has 0 radical (unpaired) electrons. The molecular weight excluding hydrogens is 364 g/mol. The fourth-order valence-electron chi connectivity index (χ4n) is 3.02. The van der Waals surface area contributed by atoms with Gasteiger partial charge in [0.25, 0.3) is 5.91 Å². The quantitative estimate of drug-likeness (QED) is 0.518. The van der Waals surface area contributed by atoms with Gasteiger partial charge in [-0.15, -0.1) is 0 Å². The topological polar surface area (TPSA) is 76.1 Å².